The molecule has 4 heterocycles. The number of hydrogen-bond acceptors (Lipinski definition) is 6. The summed E-state index contributed by atoms with van der Waals surface area (Å²) in [7, 11) is 0. The van der Waals surface area contributed by atoms with Gasteiger partial charge in [-0.1, -0.05) is 25.1 Å². The number of ether oxygens (including phenoxy) is 1. The van der Waals surface area contributed by atoms with Crippen LogP contribution in [-0.4, -0.2) is 46.9 Å². The van der Waals surface area contributed by atoms with Gasteiger partial charge in [0.1, 0.15) is 5.65 Å². The zero-order valence-electron chi connectivity index (χ0n) is 18.0. The summed E-state index contributed by atoms with van der Waals surface area (Å²) in [5, 5.41) is 4.32. The molecule has 0 aliphatic carbocycles. The number of pyridine rings is 1. The first-order valence-electron chi connectivity index (χ1n) is 11.2. The molecule has 0 radical (unpaired) electrons. The molecule has 31 heavy (non-hydrogen) atoms. The van der Waals surface area contributed by atoms with E-state index in [0.717, 1.165) is 43.4 Å². The van der Waals surface area contributed by atoms with E-state index in [4.69, 9.17) is 14.7 Å². The molecular formula is C24H29N5O2. The number of anilines is 2. The molecule has 2 aliphatic rings. The fourth-order valence-corrected chi connectivity index (χ4v) is 4.61. The van der Waals surface area contributed by atoms with Crippen molar-refractivity contribution in [1.29, 1.82) is 0 Å². The molecule has 0 atom stereocenters. The molecular weight excluding hydrogens is 390 g/mol. The molecule has 0 bridgehead atoms. The summed E-state index contributed by atoms with van der Waals surface area (Å²) in [6.45, 7) is 6.11. The normalized spacial score (nSPS) is 18.6. The largest absolute Gasteiger partial charge is 0.380 e. The number of para-hydroxylation sites is 1. The Kier molecular flexibility index (Phi) is 5.46. The highest BCUT2D eigenvalue weighted by molar-refractivity contribution is 5.76. The van der Waals surface area contributed by atoms with Gasteiger partial charge in [0, 0.05) is 41.3 Å². The van der Waals surface area contributed by atoms with Crippen LogP contribution in [-0.2, 0) is 11.3 Å². The maximum absolute atomic E-state index is 12.9. The fourth-order valence-electron chi connectivity index (χ4n) is 4.61. The summed E-state index contributed by atoms with van der Waals surface area (Å²) in [5.41, 5.74) is 1.77. The third-order valence-electron chi connectivity index (χ3n) is 6.69. The first-order valence-corrected chi connectivity index (χ1v) is 11.2. The van der Waals surface area contributed by atoms with Crippen LogP contribution >= 0.6 is 0 Å². The minimum atomic E-state index is -0.0231. The van der Waals surface area contributed by atoms with Gasteiger partial charge in [-0.25, -0.2) is 4.98 Å². The molecule has 2 fully saturated rings. The van der Waals surface area contributed by atoms with E-state index in [2.05, 4.69) is 29.3 Å². The molecule has 1 aromatic carbocycles. The van der Waals surface area contributed by atoms with Crippen LogP contribution in [0.2, 0.25) is 0 Å². The quantitative estimate of drug-likeness (QED) is 0.662. The number of hydrogen-bond donors (Lipinski definition) is 1. The van der Waals surface area contributed by atoms with Crippen molar-refractivity contribution in [3.8, 4) is 0 Å². The van der Waals surface area contributed by atoms with Gasteiger partial charge in [0.05, 0.1) is 13.2 Å². The van der Waals surface area contributed by atoms with E-state index < -0.39 is 0 Å². The number of rotatable bonds is 6. The highest BCUT2D eigenvalue weighted by Crippen LogP contribution is 2.34. The van der Waals surface area contributed by atoms with E-state index >= 15 is 0 Å². The highest BCUT2D eigenvalue weighted by atomic mass is 16.5. The Hall–Kier alpha value is -2.77. The number of nitrogens with one attached hydrogen (secondary N) is 1. The Labute approximate surface area is 182 Å². The molecule has 5 rings (SSSR count). The Morgan fingerprint density at radius 2 is 1.94 bits per heavy atom. The lowest BCUT2D eigenvalue weighted by atomic mass is 9.83. The minimum absolute atomic E-state index is 0.0113. The lowest BCUT2D eigenvalue weighted by Crippen LogP contribution is -2.47. The van der Waals surface area contributed by atoms with E-state index in [1.165, 1.54) is 0 Å². The van der Waals surface area contributed by atoms with Crippen molar-refractivity contribution in [2.45, 2.75) is 38.8 Å². The number of aromatic nitrogens is 3. The molecule has 3 aromatic rings. The number of benzene rings is 1. The summed E-state index contributed by atoms with van der Waals surface area (Å²) in [6, 6.07) is 14.1. The van der Waals surface area contributed by atoms with Gasteiger partial charge in [-0.05, 0) is 50.6 Å². The highest BCUT2D eigenvalue weighted by Gasteiger charge is 2.38. The van der Waals surface area contributed by atoms with Crippen molar-refractivity contribution in [1.82, 2.24) is 19.9 Å². The van der Waals surface area contributed by atoms with E-state index in [1.54, 1.807) is 6.07 Å². The van der Waals surface area contributed by atoms with Crippen LogP contribution in [0.5, 0.6) is 0 Å². The van der Waals surface area contributed by atoms with E-state index in [0.29, 0.717) is 37.4 Å². The molecule has 7 heteroatoms. The van der Waals surface area contributed by atoms with Crippen LogP contribution < -0.4 is 15.8 Å². The van der Waals surface area contributed by atoms with Gasteiger partial charge in [-0.3, -0.25) is 9.36 Å². The Morgan fingerprint density at radius 3 is 2.61 bits per heavy atom. The average molecular weight is 420 g/mol. The van der Waals surface area contributed by atoms with Gasteiger partial charge >= 0.3 is 0 Å². The molecule has 0 amide bonds. The third kappa shape index (κ3) is 3.83. The van der Waals surface area contributed by atoms with Gasteiger partial charge in [-0.2, -0.15) is 4.98 Å². The number of fused-ring (bicyclic) bond motifs is 1. The predicted molar refractivity (Wildman–Crippen MR) is 122 cm³/mol. The monoisotopic (exact) mass is 419 g/mol. The first kappa shape index (κ1) is 20.2. The molecule has 7 nitrogen and oxygen atoms in total. The Bertz CT molecular complexity index is 1100. The molecule has 2 aliphatic heterocycles. The third-order valence-corrected chi connectivity index (χ3v) is 6.69. The zero-order chi connectivity index (χ0) is 21.3. The molecule has 2 saturated heterocycles. The van der Waals surface area contributed by atoms with Crippen LogP contribution in [0.1, 0.15) is 26.2 Å². The second kappa shape index (κ2) is 8.40. The maximum atomic E-state index is 12.9. The predicted octanol–water partition coefficient (Wildman–Crippen LogP) is 3.11. The first-order chi connectivity index (χ1) is 15.2. The summed E-state index contributed by atoms with van der Waals surface area (Å²) >= 11 is 0. The van der Waals surface area contributed by atoms with Crippen LogP contribution in [0.25, 0.3) is 11.0 Å². The van der Waals surface area contributed by atoms with Crippen molar-refractivity contribution >= 4 is 22.7 Å². The van der Waals surface area contributed by atoms with Gasteiger partial charge in [0.25, 0.3) is 5.56 Å². The standard InChI is InChI=1S/C24H29N5O2/c1-2-24(16-31-17-24)15-28-21(30)9-8-18-14-26-23(27-22(18)28)29(19-6-4-3-5-7-19)20-10-12-25-13-11-20/h3-9,14,20,25H,2,10-13,15-17H2,1H3. The van der Waals surface area contributed by atoms with Crippen molar-refractivity contribution in [3.05, 3.63) is 59.0 Å². The zero-order valence-corrected chi connectivity index (χ0v) is 18.0. The molecule has 2 aromatic heterocycles. The van der Waals surface area contributed by atoms with Gasteiger partial charge in [0.15, 0.2) is 0 Å². The minimum Gasteiger partial charge on any atom is -0.380 e. The average Bonchev–Trinajstić information content (AvgIpc) is 2.79. The van der Waals surface area contributed by atoms with Crippen LogP contribution in [0.3, 0.4) is 0 Å². The second-order valence-corrected chi connectivity index (χ2v) is 8.74. The van der Waals surface area contributed by atoms with Gasteiger partial charge in [-0.15, -0.1) is 0 Å². The molecule has 162 valence electrons. The van der Waals surface area contributed by atoms with Crippen LogP contribution in [0.4, 0.5) is 11.6 Å². The summed E-state index contributed by atoms with van der Waals surface area (Å²) in [6.07, 6.45) is 4.86. The lowest BCUT2D eigenvalue weighted by Gasteiger charge is -2.41. The van der Waals surface area contributed by atoms with E-state index in [9.17, 15) is 4.79 Å². The van der Waals surface area contributed by atoms with Crippen molar-refractivity contribution < 1.29 is 4.74 Å². The molecule has 0 saturated carbocycles. The summed E-state index contributed by atoms with van der Waals surface area (Å²) in [5.74, 6) is 0.653. The molecule has 0 spiro atoms. The number of nitrogens with zero attached hydrogens (tertiary/aromatic N) is 4. The second-order valence-electron chi connectivity index (χ2n) is 8.74. The Balaban J connectivity index is 1.61. The SMILES string of the molecule is CCC1(Cn2c(=O)ccc3cnc(N(c4ccccc4)C4CCNCC4)nc32)COC1. The van der Waals surface area contributed by atoms with Crippen molar-refractivity contribution in [2.24, 2.45) is 5.41 Å². The van der Waals surface area contributed by atoms with E-state index in [1.807, 2.05) is 35.0 Å². The van der Waals surface area contributed by atoms with E-state index in [-0.39, 0.29) is 11.0 Å². The summed E-state index contributed by atoms with van der Waals surface area (Å²) < 4.78 is 7.31. The van der Waals surface area contributed by atoms with Crippen molar-refractivity contribution in [3.63, 3.8) is 0 Å². The van der Waals surface area contributed by atoms with Crippen molar-refractivity contribution in [2.75, 3.05) is 31.2 Å². The van der Waals surface area contributed by atoms with Gasteiger partial charge < -0.3 is 15.0 Å². The summed E-state index contributed by atoms with van der Waals surface area (Å²) in [4.78, 5) is 24.8. The number of piperidine rings is 1. The maximum Gasteiger partial charge on any atom is 0.252 e. The Morgan fingerprint density at radius 1 is 1.16 bits per heavy atom. The van der Waals surface area contributed by atoms with Crippen LogP contribution in [0.15, 0.2) is 53.5 Å². The smallest absolute Gasteiger partial charge is 0.252 e. The topological polar surface area (TPSA) is 72.3 Å². The molecule has 1 N–H and O–H groups in total. The van der Waals surface area contributed by atoms with Gasteiger partial charge in [0.2, 0.25) is 5.95 Å². The van der Waals surface area contributed by atoms with Crippen LogP contribution in [0, 0.1) is 5.41 Å². The lowest BCUT2D eigenvalue weighted by molar-refractivity contribution is -0.123. The fraction of sp³-hybridized carbons (Fsp3) is 0.458. The molecule has 0 unspecified atom stereocenters.